The predicted octanol–water partition coefficient (Wildman–Crippen LogP) is 4.49. The Morgan fingerprint density at radius 1 is 0.806 bits per heavy atom. The quantitative estimate of drug-likeness (QED) is 0.618. The molecule has 5 heteroatoms. The molecule has 1 aliphatic rings. The maximum atomic E-state index is 6.19. The zero-order valence-electron chi connectivity index (χ0n) is 20.8. The topological polar surface area (TPSA) is 27.7 Å². The van der Waals surface area contributed by atoms with Crippen molar-refractivity contribution in [3.63, 3.8) is 0 Å². The zero-order valence-corrected chi connectivity index (χ0v) is 20.8. The summed E-state index contributed by atoms with van der Waals surface area (Å²) < 4.78 is 18.4. The van der Waals surface area contributed by atoms with Gasteiger partial charge in [0.15, 0.2) is 0 Å². The summed E-state index contributed by atoms with van der Waals surface area (Å²) in [5, 5.41) is 0. The molecule has 0 aliphatic carbocycles. The van der Waals surface area contributed by atoms with E-state index in [9.17, 15) is 0 Å². The normalized spacial score (nSPS) is 18.3. The van der Waals surface area contributed by atoms with Crippen LogP contribution in [0.4, 0.5) is 0 Å². The highest BCUT2D eigenvalue weighted by atomic mass is 16.7. The smallest absolute Gasteiger partial charge is 0.430 e. The molecule has 1 heterocycles. The lowest BCUT2D eigenvalue weighted by Crippen LogP contribution is -2.41. The fourth-order valence-electron chi connectivity index (χ4n) is 3.60. The van der Waals surface area contributed by atoms with Crippen LogP contribution >= 0.6 is 0 Å². The summed E-state index contributed by atoms with van der Waals surface area (Å²) in [6.07, 6.45) is 1.00. The first kappa shape index (κ1) is 24.1. The SMILES string of the molecule is CCC(C)(C)OBc1ccc(C(C)(C)c2ccc(B3OC(C)(C)C(C)(C)O3)cc2)cc1. The van der Waals surface area contributed by atoms with Gasteiger partial charge >= 0.3 is 14.6 Å². The molecule has 0 unspecified atom stereocenters. The Hall–Kier alpha value is -1.55. The first-order chi connectivity index (χ1) is 14.3. The highest BCUT2D eigenvalue weighted by Crippen LogP contribution is 2.37. The van der Waals surface area contributed by atoms with Gasteiger partial charge in [0.2, 0.25) is 0 Å². The third-order valence-electron chi connectivity index (χ3n) is 7.31. The van der Waals surface area contributed by atoms with E-state index < -0.39 is 0 Å². The largest absolute Gasteiger partial charge is 0.494 e. The Kier molecular flexibility index (Phi) is 6.55. The molecule has 3 nitrogen and oxygen atoms in total. The third-order valence-corrected chi connectivity index (χ3v) is 7.31. The Balaban J connectivity index is 1.72. The van der Waals surface area contributed by atoms with Gasteiger partial charge in [0.25, 0.3) is 0 Å². The van der Waals surface area contributed by atoms with Gasteiger partial charge < -0.3 is 14.0 Å². The monoisotopic (exact) mass is 420 g/mol. The molecule has 0 N–H and O–H groups in total. The van der Waals surface area contributed by atoms with Crippen molar-refractivity contribution in [2.75, 3.05) is 0 Å². The van der Waals surface area contributed by atoms with Crippen LogP contribution in [-0.4, -0.2) is 31.4 Å². The summed E-state index contributed by atoms with van der Waals surface area (Å²) in [5.41, 5.74) is 3.98. The average molecular weight is 420 g/mol. The molecule has 0 aromatic heterocycles. The minimum atomic E-state index is -0.326. The molecule has 31 heavy (non-hydrogen) atoms. The highest BCUT2D eigenvalue weighted by Gasteiger charge is 2.51. The van der Waals surface area contributed by atoms with Crippen molar-refractivity contribution in [1.29, 1.82) is 0 Å². The van der Waals surface area contributed by atoms with Crippen molar-refractivity contribution in [3.8, 4) is 0 Å². The van der Waals surface area contributed by atoms with Crippen LogP contribution in [0.3, 0.4) is 0 Å². The molecule has 1 saturated heterocycles. The van der Waals surface area contributed by atoms with E-state index in [0.29, 0.717) is 7.48 Å². The van der Waals surface area contributed by atoms with E-state index in [2.05, 4.69) is 111 Å². The minimum absolute atomic E-state index is 0.0864. The molecule has 1 fully saturated rings. The predicted molar refractivity (Wildman–Crippen MR) is 133 cm³/mol. The maximum Gasteiger partial charge on any atom is 0.494 e. The Bertz CT molecular complexity index is 868. The average Bonchev–Trinajstić information content (AvgIpc) is 2.94. The zero-order chi connectivity index (χ0) is 23.1. The van der Waals surface area contributed by atoms with Crippen molar-refractivity contribution >= 4 is 25.5 Å². The van der Waals surface area contributed by atoms with E-state index in [1.165, 1.54) is 16.6 Å². The van der Waals surface area contributed by atoms with Crippen LogP contribution in [0, 0.1) is 0 Å². The fourth-order valence-corrected chi connectivity index (χ4v) is 3.60. The molecule has 0 radical (unpaired) electrons. The second-order valence-corrected chi connectivity index (χ2v) is 10.9. The molecule has 0 atom stereocenters. The molecular formula is C26H38B2O3. The molecule has 0 amide bonds. The number of hydrogen-bond acceptors (Lipinski definition) is 3. The molecule has 0 saturated carbocycles. The van der Waals surface area contributed by atoms with Gasteiger partial charge in [0.1, 0.15) is 0 Å². The van der Waals surface area contributed by atoms with Gasteiger partial charge in [-0.05, 0) is 64.6 Å². The Labute approximate surface area is 190 Å². The van der Waals surface area contributed by atoms with Crippen LogP contribution in [0.2, 0.25) is 0 Å². The van der Waals surface area contributed by atoms with Gasteiger partial charge in [-0.1, -0.05) is 74.8 Å². The summed E-state index contributed by atoms with van der Waals surface area (Å²) in [4.78, 5) is 0. The van der Waals surface area contributed by atoms with Crippen LogP contribution in [-0.2, 0) is 19.4 Å². The van der Waals surface area contributed by atoms with Crippen LogP contribution in [0.1, 0.15) is 79.9 Å². The van der Waals surface area contributed by atoms with Crippen molar-refractivity contribution in [3.05, 3.63) is 59.7 Å². The van der Waals surface area contributed by atoms with Crippen molar-refractivity contribution in [2.45, 2.75) is 91.0 Å². The van der Waals surface area contributed by atoms with Gasteiger partial charge in [0.05, 0.1) is 11.2 Å². The van der Waals surface area contributed by atoms with Gasteiger partial charge in [-0.15, -0.1) is 0 Å². The lowest BCUT2D eigenvalue weighted by Gasteiger charge is -2.32. The second kappa shape index (κ2) is 8.42. The van der Waals surface area contributed by atoms with Crippen molar-refractivity contribution in [1.82, 2.24) is 0 Å². The van der Waals surface area contributed by atoms with E-state index in [1.807, 2.05) is 0 Å². The molecule has 1 aliphatic heterocycles. The summed E-state index contributed by atoms with van der Waals surface area (Å²) in [7, 11) is 0.318. The number of benzene rings is 2. The summed E-state index contributed by atoms with van der Waals surface area (Å²) in [6.45, 7) is 19.3. The molecule has 0 spiro atoms. The van der Waals surface area contributed by atoms with Crippen LogP contribution < -0.4 is 10.9 Å². The molecule has 2 aromatic carbocycles. The Morgan fingerprint density at radius 3 is 1.71 bits per heavy atom. The fraction of sp³-hybridized carbons (Fsp3) is 0.538. The van der Waals surface area contributed by atoms with E-state index in [1.54, 1.807) is 0 Å². The molecule has 2 aromatic rings. The van der Waals surface area contributed by atoms with Crippen molar-refractivity contribution < 1.29 is 14.0 Å². The van der Waals surface area contributed by atoms with E-state index in [-0.39, 0.29) is 29.3 Å². The lowest BCUT2D eigenvalue weighted by molar-refractivity contribution is 0.00578. The van der Waals surface area contributed by atoms with Gasteiger partial charge in [-0.2, -0.15) is 0 Å². The highest BCUT2D eigenvalue weighted by molar-refractivity contribution is 6.62. The molecule has 3 rings (SSSR count). The van der Waals surface area contributed by atoms with E-state index in [4.69, 9.17) is 14.0 Å². The third kappa shape index (κ3) is 5.10. The second-order valence-electron chi connectivity index (χ2n) is 10.9. The lowest BCUT2D eigenvalue weighted by atomic mass is 9.73. The van der Waals surface area contributed by atoms with Gasteiger partial charge in [-0.3, -0.25) is 0 Å². The standard InChI is InChI=1S/C26H38B2O3/c1-10-23(2,3)29-27-21-15-11-19(12-16-21)24(4,5)20-13-17-22(18-14-20)28-30-25(6,7)26(8,9)31-28/h11-18,27H,10H2,1-9H3. The van der Waals surface area contributed by atoms with Crippen LogP contribution in [0.5, 0.6) is 0 Å². The summed E-state index contributed by atoms with van der Waals surface area (Å²) in [5.74, 6) is 0. The summed E-state index contributed by atoms with van der Waals surface area (Å²) in [6, 6.07) is 17.5. The molecular weight excluding hydrogens is 382 g/mol. The van der Waals surface area contributed by atoms with Gasteiger partial charge in [-0.25, -0.2) is 0 Å². The summed E-state index contributed by atoms with van der Waals surface area (Å²) >= 11 is 0. The first-order valence-electron chi connectivity index (χ1n) is 11.5. The number of rotatable bonds is 7. The van der Waals surface area contributed by atoms with E-state index >= 15 is 0 Å². The number of hydrogen-bond donors (Lipinski definition) is 0. The minimum Gasteiger partial charge on any atom is -0.430 e. The van der Waals surface area contributed by atoms with Gasteiger partial charge in [0, 0.05) is 11.0 Å². The van der Waals surface area contributed by atoms with Crippen LogP contribution in [0.15, 0.2) is 48.5 Å². The van der Waals surface area contributed by atoms with Crippen molar-refractivity contribution in [2.24, 2.45) is 0 Å². The maximum absolute atomic E-state index is 6.19. The van der Waals surface area contributed by atoms with E-state index in [0.717, 1.165) is 11.9 Å². The Morgan fingerprint density at radius 2 is 1.26 bits per heavy atom. The molecule has 0 bridgehead atoms. The molecule has 166 valence electrons. The van der Waals surface area contributed by atoms with Crippen LogP contribution in [0.25, 0.3) is 0 Å². The first-order valence-corrected chi connectivity index (χ1v) is 11.5.